The number of hydrogen-bond donors (Lipinski definition) is 3. The van der Waals surface area contributed by atoms with Gasteiger partial charge in [0, 0.05) is 18.5 Å². The number of alkyl carbamates (subject to hydrolysis) is 1. The highest BCUT2D eigenvalue weighted by Crippen LogP contribution is 2.45. The smallest absolute Gasteiger partial charge is 0.407 e. The lowest BCUT2D eigenvalue weighted by Crippen LogP contribution is -2.54. The van der Waals surface area contributed by atoms with E-state index in [1.54, 1.807) is 0 Å². The van der Waals surface area contributed by atoms with Crippen LogP contribution in [-0.4, -0.2) is 42.3 Å². The highest BCUT2D eigenvalue weighted by Gasteiger charge is 2.49. The Morgan fingerprint density at radius 2 is 1.60 bits per heavy atom. The van der Waals surface area contributed by atoms with Gasteiger partial charge in [0.15, 0.2) is 0 Å². The van der Waals surface area contributed by atoms with Crippen LogP contribution in [0.5, 0.6) is 0 Å². The van der Waals surface area contributed by atoms with E-state index in [9.17, 15) is 19.5 Å². The number of nitrogens with one attached hydrogen (secondary N) is 2. The van der Waals surface area contributed by atoms with Crippen molar-refractivity contribution >= 4 is 18.0 Å². The quantitative estimate of drug-likeness (QED) is 0.547. The molecule has 5 rings (SSSR count). The second-order valence-corrected chi connectivity index (χ2v) is 10.5. The van der Waals surface area contributed by atoms with Gasteiger partial charge in [0.05, 0.1) is 10.8 Å². The van der Waals surface area contributed by atoms with Crippen molar-refractivity contribution in [2.45, 2.75) is 57.4 Å². The monoisotopic (exact) mass is 476 g/mol. The molecule has 3 N–H and O–H groups in total. The summed E-state index contributed by atoms with van der Waals surface area (Å²) < 4.78 is 5.69. The number of rotatable bonds is 7. The number of hydrogen-bond acceptors (Lipinski definition) is 4. The average molecular weight is 477 g/mol. The van der Waals surface area contributed by atoms with Gasteiger partial charge in [-0.2, -0.15) is 0 Å². The lowest BCUT2D eigenvalue weighted by molar-refractivity contribution is -0.154. The fraction of sp³-hybridized carbons (Fsp3) is 0.464. The second-order valence-electron chi connectivity index (χ2n) is 10.5. The summed E-state index contributed by atoms with van der Waals surface area (Å²) in [6, 6.07) is 16.0. The van der Waals surface area contributed by atoms with E-state index in [0.29, 0.717) is 25.7 Å². The normalized spacial score (nSPS) is 24.1. The highest BCUT2D eigenvalue weighted by atomic mass is 16.5. The van der Waals surface area contributed by atoms with E-state index < -0.39 is 22.9 Å². The van der Waals surface area contributed by atoms with E-state index in [-0.39, 0.29) is 31.0 Å². The van der Waals surface area contributed by atoms with Crippen LogP contribution < -0.4 is 10.6 Å². The topological polar surface area (TPSA) is 105 Å². The minimum Gasteiger partial charge on any atom is -0.481 e. The summed E-state index contributed by atoms with van der Waals surface area (Å²) in [6.07, 6.45) is 3.62. The fourth-order valence-corrected chi connectivity index (χ4v) is 5.97. The van der Waals surface area contributed by atoms with Crippen LogP contribution in [0.4, 0.5) is 4.79 Å². The van der Waals surface area contributed by atoms with Gasteiger partial charge in [0.25, 0.3) is 0 Å². The third kappa shape index (κ3) is 4.07. The van der Waals surface area contributed by atoms with Crippen molar-refractivity contribution in [1.29, 1.82) is 0 Å². The Hall–Kier alpha value is -3.35. The van der Waals surface area contributed by atoms with E-state index in [0.717, 1.165) is 24.0 Å². The minimum atomic E-state index is -0.853. The van der Waals surface area contributed by atoms with Crippen molar-refractivity contribution in [2.24, 2.45) is 10.8 Å². The Bertz CT molecular complexity index is 1110. The number of ether oxygens (including phenoxy) is 1. The van der Waals surface area contributed by atoms with Crippen LogP contribution in [0.2, 0.25) is 0 Å². The van der Waals surface area contributed by atoms with Crippen molar-refractivity contribution in [3.05, 3.63) is 59.7 Å². The zero-order valence-corrected chi connectivity index (χ0v) is 20.0. The van der Waals surface area contributed by atoms with Crippen molar-refractivity contribution in [3.63, 3.8) is 0 Å². The van der Waals surface area contributed by atoms with E-state index in [4.69, 9.17) is 4.74 Å². The van der Waals surface area contributed by atoms with Crippen molar-refractivity contribution in [3.8, 4) is 11.1 Å². The van der Waals surface area contributed by atoms with Gasteiger partial charge in [0.1, 0.15) is 6.61 Å². The molecule has 2 aromatic rings. The second kappa shape index (κ2) is 9.02. The molecule has 2 fully saturated rings. The SMILES string of the molecule is CC1(C(=O)NCC2(C(=O)O)CCC2)CCCC1NC(=O)OCC1c2ccccc2-c2ccccc21. The number of carbonyl (C=O) groups excluding carboxylic acids is 2. The standard InChI is InChI=1S/C28H32N2O5/c1-27(24(31)29-17-28(25(32)33)14-7-15-28)13-6-12-23(27)30-26(34)35-16-22-20-10-4-2-8-18(20)19-9-3-5-11-21(19)22/h2-5,8-11,22-23H,6-7,12-17H2,1H3,(H,29,31)(H,30,34)(H,32,33). The van der Waals surface area contributed by atoms with Crippen molar-refractivity contribution in [1.82, 2.24) is 10.6 Å². The Morgan fingerprint density at radius 1 is 0.971 bits per heavy atom. The molecule has 0 bridgehead atoms. The zero-order valence-electron chi connectivity index (χ0n) is 20.0. The van der Waals surface area contributed by atoms with Gasteiger partial charge in [-0.05, 0) is 54.9 Å². The van der Waals surface area contributed by atoms with E-state index in [1.165, 1.54) is 11.1 Å². The summed E-state index contributed by atoms with van der Waals surface area (Å²) in [5.41, 5.74) is 2.99. The van der Waals surface area contributed by atoms with Crippen molar-refractivity contribution < 1.29 is 24.2 Å². The molecule has 0 spiro atoms. The molecule has 3 aliphatic carbocycles. The molecule has 7 nitrogen and oxygen atoms in total. The first-order chi connectivity index (χ1) is 16.8. The molecule has 35 heavy (non-hydrogen) atoms. The highest BCUT2D eigenvalue weighted by molar-refractivity contribution is 5.85. The molecule has 7 heteroatoms. The third-order valence-corrected chi connectivity index (χ3v) is 8.46. The summed E-state index contributed by atoms with van der Waals surface area (Å²) in [5, 5.41) is 15.4. The van der Waals surface area contributed by atoms with E-state index in [2.05, 4.69) is 34.9 Å². The lowest BCUT2D eigenvalue weighted by atomic mass is 9.68. The molecule has 2 unspecified atom stereocenters. The third-order valence-electron chi connectivity index (χ3n) is 8.46. The van der Waals surface area contributed by atoms with Gasteiger partial charge in [-0.3, -0.25) is 9.59 Å². The molecule has 2 amide bonds. The predicted octanol–water partition coefficient (Wildman–Crippen LogP) is 4.46. The molecule has 3 aliphatic rings. The van der Waals surface area contributed by atoms with Gasteiger partial charge in [0.2, 0.25) is 5.91 Å². The van der Waals surface area contributed by atoms with Crippen molar-refractivity contribution in [2.75, 3.05) is 13.2 Å². The van der Waals surface area contributed by atoms with Gasteiger partial charge in [-0.15, -0.1) is 0 Å². The molecule has 0 aliphatic heterocycles. The molecule has 0 radical (unpaired) electrons. The minimum absolute atomic E-state index is 0.0268. The molecular formula is C28H32N2O5. The van der Waals surface area contributed by atoms with Crippen LogP contribution in [-0.2, 0) is 14.3 Å². The van der Waals surface area contributed by atoms with Crippen LogP contribution in [0, 0.1) is 10.8 Å². The number of benzene rings is 2. The first-order valence-corrected chi connectivity index (χ1v) is 12.5. The number of carboxylic acids is 1. The number of aliphatic carboxylic acids is 1. The van der Waals surface area contributed by atoms with Gasteiger partial charge >= 0.3 is 12.1 Å². The Morgan fingerprint density at radius 3 is 2.17 bits per heavy atom. The van der Waals surface area contributed by atoms with E-state index >= 15 is 0 Å². The molecule has 0 aromatic heterocycles. The molecular weight excluding hydrogens is 444 g/mol. The van der Waals surface area contributed by atoms with Gasteiger partial charge in [-0.1, -0.05) is 61.4 Å². The maximum Gasteiger partial charge on any atom is 0.407 e. The van der Waals surface area contributed by atoms with E-state index in [1.807, 2.05) is 31.2 Å². The Labute approximate surface area is 205 Å². The van der Waals surface area contributed by atoms with Gasteiger partial charge in [-0.25, -0.2) is 4.79 Å². The number of carbonyl (C=O) groups is 3. The fourth-order valence-electron chi connectivity index (χ4n) is 5.97. The Balaban J connectivity index is 1.21. The van der Waals surface area contributed by atoms with Crippen LogP contribution >= 0.6 is 0 Å². The van der Waals surface area contributed by atoms with Gasteiger partial charge < -0.3 is 20.5 Å². The average Bonchev–Trinajstić information content (AvgIpc) is 3.35. The number of carboxylic acid groups (broad SMARTS) is 1. The van der Waals surface area contributed by atoms with Crippen LogP contribution in [0.1, 0.15) is 62.5 Å². The van der Waals surface area contributed by atoms with Crippen LogP contribution in [0.25, 0.3) is 11.1 Å². The van der Waals surface area contributed by atoms with Crippen LogP contribution in [0.3, 0.4) is 0 Å². The maximum atomic E-state index is 13.1. The largest absolute Gasteiger partial charge is 0.481 e. The first kappa shape index (κ1) is 23.4. The summed E-state index contributed by atoms with van der Waals surface area (Å²) in [7, 11) is 0. The summed E-state index contributed by atoms with van der Waals surface area (Å²) in [5.74, 6) is -1.08. The number of amides is 2. The summed E-state index contributed by atoms with van der Waals surface area (Å²) >= 11 is 0. The maximum absolute atomic E-state index is 13.1. The summed E-state index contributed by atoms with van der Waals surface area (Å²) in [4.78, 5) is 37.6. The van der Waals surface area contributed by atoms with Crippen LogP contribution in [0.15, 0.2) is 48.5 Å². The molecule has 0 heterocycles. The molecule has 0 saturated heterocycles. The molecule has 184 valence electrons. The zero-order chi connectivity index (χ0) is 24.6. The number of fused-ring (bicyclic) bond motifs is 3. The first-order valence-electron chi connectivity index (χ1n) is 12.5. The molecule has 2 atom stereocenters. The molecule has 2 saturated carbocycles. The molecule has 2 aromatic carbocycles. The predicted molar refractivity (Wildman–Crippen MR) is 131 cm³/mol. The Kier molecular flexibility index (Phi) is 6.03. The lowest BCUT2D eigenvalue weighted by Gasteiger charge is -2.39. The summed E-state index contributed by atoms with van der Waals surface area (Å²) in [6.45, 7) is 2.20.